The molecule has 2 amide bonds. The van der Waals surface area contributed by atoms with Crippen LogP contribution in [0, 0.1) is 23.7 Å². The second kappa shape index (κ2) is 5.15. The van der Waals surface area contributed by atoms with Crippen molar-refractivity contribution in [1.82, 2.24) is 5.01 Å². The fourth-order valence-corrected chi connectivity index (χ4v) is 4.09. The molecular formula is C19H20N2O2. The van der Waals surface area contributed by atoms with E-state index >= 15 is 0 Å². The van der Waals surface area contributed by atoms with E-state index in [0.29, 0.717) is 5.92 Å². The van der Waals surface area contributed by atoms with Gasteiger partial charge in [-0.2, -0.15) is 10.1 Å². The number of carbonyl (C=O) groups is 2. The van der Waals surface area contributed by atoms with Gasteiger partial charge in [0.05, 0.1) is 18.1 Å². The molecule has 4 rings (SSSR count). The minimum absolute atomic E-state index is 0.132. The summed E-state index contributed by atoms with van der Waals surface area (Å²) in [6, 6.07) is 8.04. The van der Waals surface area contributed by atoms with Gasteiger partial charge in [-0.15, -0.1) is 0 Å². The number of hydrogen-bond acceptors (Lipinski definition) is 3. The Bertz CT molecular complexity index is 687. The molecule has 0 aromatic heterocycles. The Kier molecular flexibility index (Phi) is 3.22. The summed E-state index contributed by atoms with van der Waals surface area (Å²) >= 11 is 0. The predicted octanol–water partition coefficient (Wildman–Crippen LogP) is 2.95. The number of hydrogen-bond donors (Lipinski definition) is 0. The third-order valence-corrected chi connectivity index (χ3v) is 5.37. The third kappa shape index (κ3) is 2.16. The maximum atomic E-state index is 12.5. The Labute approximate surface area is 135 Å². The smallest absolute Gasteiger partial charge is 0.254 e. The zero-order chi connectivity index (χ0) is 16.1. The van der Waals surface area contributed by atoms with E-state index < -0.39 is 0 Å². The van der Waals surface area contributed by atoms with E-state index in [2.05, 4.69) is 43.2 Å². The minimum Gasteiger partial charge on any atom is -0.272 e. The number of nitrogens with zero attached hydrogens (tertiary/aromatic N) is 2. The van der Waals surface area contributed by atoms with Crippen LogP contribution < -0.4 is 0 Å². The fraction of sp³-hybridized carbons (Fsp3) is 0.421. The highest BCUT2D eigenvalue weighted by molar-refractivity contribution is 6.06. The van der Waals surface area contributed by atoms with Crippen LogP contribution >= 0.6 is 0 Å². The summed E-state index contributed by atoms with van der Waals surface area (Å²) in [6.45, 7) is 4.29. The van der Waals surface area contributed by atoms with Gasteiger partial charge in [0, 0.05) is 0 Å². The van der Waals surface area contributed by atoms with Crippen molar-refractivity contribution in [3.63, 3.8) is 0 Å². The molecule has 0 radical (unpaired) electrons. The van der Waals surface area contributed by atoms with Crippen LogP contribution in [0.15, 0.2) is 41.5 Å². The van der Waals surface area contributed by atoms with Crippen molar-refractivity contribution >= 4 is 18.0 Å². The molecule has 2 aliphatic carbocycles. The van der Waals surface area contributed by atoms with Crippen molar-refractivity contribution in [2.75, 3.05) is 0 Å². The zero-order valence-electron chi connectivity index (χ0n) is 13.3. The Hall–Kier alpha value is -2.23. The SMILES string of the molecule is CC(C)c1ccc(C=NN2C(=O)C3C4C=CC(C4)C3C2=O)cc1. The normalized spacial score (nSPS) is 31.9. The number of imide groups is 1. The lowest BCUT2D eigenvalue weighted by molar-refractivity contribution is -0.140. The molecule has 4 nitrogen and oxygen atoms in total. The van der Waals surface area contributed by atoms with Gasteiger partial charge < -0.3 is 0 Å². The number of allylic oxidation sites excluding steroid dienone is 2. The molecule has 4 heteroatoms. The molecule has 1 aromatic rings. The molecule has 23 heavy (non-hydrogen) atoms. The van der Waals surface area contributed by atoms with E-state index in [1.165, 1.54) is 5.56 Å². The summed E-state index contributed by atoms with van der Waals surface area (Å²) in [5, 5.41) is 5.29. The molecule has 3 aliphatic rings. The van der Waals surface area contributed by atoms with Gasteiger partial charge in [-0.05, 0) is 35.3 Å². The highest BCUT2D eigenvalue weighted by Crippen LogP contribution is 2.52. The molecule has 1 saturated heterocycles. The molecule has 2 bridgehead atoms. The van der Waals surface area contributed by atoms with Crippen molar-refractivity contribution < 1.29 is 9.59 Å². The topological polar surface area (TPSA) is 49.7 Å². The summed E-state index contributed by atoms with van der Waals surface area (Å²) in [5.41, 5.74) is 2.15. The largest absolute Gasteiger partial charge is 0.272 e. The average molecular weight is 308 g/mol. The Morgan fingerprint density at radius 1 is 1.04 bits per heavy atom. The Morgan fingerprint density at radius 2 is 1.61 bits per heavy atom. The molecule has 2 fully saturated rings. The second-order valence-corrected chi connectivity index (χ2v) is 7.05. The van der Waals surface area contributed by atoms with Gasteiger partial charge in [0.1, 0.15) is 0 Å². The number of hydrazone groups is 1. The molecule has 1 aromatic carbocycles. The Morgan fingerprint density at radius 3 is 2.13 bits per heavy atom. The summed E-state index contributed by atoms with van der Waals surface area (Å²) in [6.07, 6.45) is 6.74. The van der Waals surface area contributed by atoms with Crippen LogP contribution in [0.25, 0.3) is 0 Å². The van der Waals surface area contributed by atoms with Crippen molar-refractivity contribution in [1.29, 1.82) is 0 Å². The van der Waals surface area contributed by atoms with Crippen molar-refractivity contribution in [2.45, 2.75) is 26.2 Å². The summed E-state index contributed by atoms with van der Waals surface area (Å²) in [5.74, 6) is 0.304. The van der Waals surface area contributed by atoms with Crippen LogP contribution in [0.3, 0.4) is 0 Å². The first-order chi connectivity index (χ1) is 11.1. The van der Waals surface area contributed by atoms with Gasteiger partial charge in [0.15, 0.2) is 0 Å². The number of carbonyl (C=O) groups excluding carboxylic acids is 2. The van der Waals surface area contributed by atoms with Crippen LogP contribution in [0.1, 0.15) is 37.3 Å². The minimum atomic E-state index is -0.182. The lowest BCUT2D eigenvalue weighted by atomic mass is 9.85. The highest BCUT2D eigenvalue weighted by atomic mass is 16.2. The number of rotatable bonds is 3. The van der Waals surface area contributed by atoms with E-state index in [4.69, 9.17) is 0 Å². The van der Waals surface area contributed by atoms with Crippen LogP contribution in [0.2, 0.25) is 0 Å². The molecule has 1 heterocycles. The van der Waals surface area contributed by atoms with E-state index in [9.17, 15) is 9.59 Å². The van der Waals surface area contributed by atoms with Gasteiger partial charge in [0.2, 0.25) is 0 Å². The lowest BCUT2D eigenvalue weighted by Gasteiger charge is -2.13. The van der Waals surface area contributed by atoms with Gasteiger partial charge in [-0.25, -0.2) is 0 Å². The number of benzene rings is 1. The summed E-state index contributed by atoms with van der Waals surface area (Å²) in [4.78, 5) is 25.0. The average Bonchev–Trinajstić information content (AvgIpc) is 3.21. The zero-order valence-corrected chi connectivity index (χ0v) is 13.3. The lowest BCUT2D eigenvalue weighted by Crippen LogP contribution is -2.28. The van der Waals surface area contributed by atoms with Crippen molar-refractivity contribution in [3.05, 3.63) is 47.5 Å². The Balaban J connectivity index is 1.53. The van der Waals surface area contributed by atoms with Gasteiger partial charge in [0.25, 0.3) is 11.8 Å². The second-order valence-electron chi connectivity index (χ2n) is 7.05. The quantitative estimate of drug-likeness (QED) is 0.490. The molecule has 4 atom stereocenters. The standard InChI is InChI=1S/C19H20N2O2/c1-11(2)13-5-3-12(4-6-13)10-20-21-18(22)16-14-7-8-15(9-14)17(16)19(21)23/h3-8,10-11,14-17H,9H2,1-2H3. The van der Waals surface area contributed by atoms with Crippen LogP contribution in [-0.4, -0.2) is 23.0 Å². The molecule has 0 spiro atoms. The van der Waals surface area contributed by atoms with Crippen molar-refractivity contribution in [3.8, 4) is 0 Å². The van der Waals surface area contributed by atoms with E-state index in [1.807, 2.05) is 12.1 Å². The van der Waals surface area contributed by atoms with E-state index in [0.717, 1.165) is 17.0 Å². The summed E-state index contributed by atoms with van der Waals surface area (Å²) in [7, 11) is 0. The highest BCUT2D eigenvalue weighted by Gasteiger charge is 2.59. The van der Waals surface area contributed by atoms with E-state index in [1.54, 1.807) is 6.21 Å². The van der Waals surface area contributed by atoms with Crippen molar-refractivity contribution in [2.24, 2.45) is 28.8 Å². The van der Waals surface area contributed by atoms with Crippen LogP contribution in [0.5, 0.6) is 0 Å². The number of amides is 2. The van der Waals surface area contributed by atoms with Gasteiger partial charge >= 0.3 is 0 Å². The fourth-order valence-electron chi connectivity index (χ4n) is 4.09. The first-order valence-corrected chi connectivity index (χ1v) is 8.26. The predicted molar refractivity (Wildman–Crippen MR) is 87.7 cm³/mol. The summed E-state index contributed by atoms with van der Waals surface area (Å²) < 4.78 is 0. The monoisotopic (exact) mass is 308 g/mol. The molecule has 4 unspecified atom stereocenters. The molecule has 1 aliphatic heterocycles. The molecule has 1 saturated carbocycles. The first-order valence-electron chi connectivity index (χ1n) is 8.26. The van der Waals surface area contributed by atoms with Gasteiger partial charge in [-0.1, -0.05) is 50.3 Å². The third-order valence-electron chi connectivity index (χ3n) is 5.37. The molecular weight excluding hydrogens is 288 g/mol. The molecule has 118 valence electrons. The maximum Gasteiger partial charge on any atom is 0.254 e. The van der Waals surface area contributed by atoms with Crippen LogP contribution in [0.4, 0.5) is 0 Å². The van der Waals surface area contributed by atoms with Gasteiger partial charge in [-0.3, -0.25) is 9.59 Å². The van der Waals surface area contributed by atoms with E-state index in [-0.39, 0.29) is 35.5 Å². The van der Waals surface area contributed by atoms with Crippen LogP contribution in [-0.2, 0) is 9.59 Å². The maximum absolute atomic E-state index is 12.5. The molecule has 0 N–H and O–H groups in total. The first kappa shape index (κ1) is 14.4. The number of fused-ring (bicyclic) bond motifs is 5.